The minimum absolute atomic E-state index is 0.318. The number of rotatable bonds is 6. The summed E-state index contributed by atoms with van der Waals surface area (Å²) >= 11 is 0. The lowest BCUT2D eigenvalue weighted by molar-refractivity contribution is 0.101. The molecule has 0 saturated heterocycles. The van der Waals surface area contributed by atoms with Crippen LogP contribution in [0, 0.1) is 0 Å². The third-order valence-electron chi connectivity index (χ3n) is 2.83. The van der Waals surface area contributed by atoms with Gasteiger partial charge in [0.05, 0.1) is 18.5 Å². The molecule has 21 heavy (non-hydrogen) atoms. The van der Waals surface area contributed by atoms with Crippen LogP contribution in [0.2, 0.25) is 0 Å². The summed E-state index contributed by atoms with van der Waals surface area (Å²) in [6, 6.07) is 7.11. The minimum Gasteiger partial charge on any atom is -0.491 e. The summed E-state index contributed by atoms with van der Waals surface area (Å²) in [5.41, 5.74) is 7.00. The lowest BCUT2D eigenvalue weighted by Gasteiger charge is -2.09. The molecule has 0 aliphatic rings. The van der Waals surface area contributed by atoms with Gasteiger partial charge in [-0.3, -0.25) is 9.48 Å². The SMILES string of the molecule is COCCOc1cccc(NC(=O)c2c(N)cnn2C)c1. The third kappa shape index (κ3) is 3.73. The Kier molecular flexibility index (Phi) is 4.78. The number of hydrogen-bond acceptors (Lipinski definition) is 5. The van der Waals surface area contributed by atoms with Crippen LogP contribution in [0.15, 0.2) is 30.5 Å². The molecule has 1 heterocycles. The molecule has 0 aliphatic carbocycles. The van der Waals surface area contributed by atoms with Crippen LogP contribution >= 0.6 is 0 Å². The highest BCUT2D eigenvalue weighted by Crippen LogP contribution is 2.19. The Labute approximate surface area is 122 Å². The van der Waals surface area contributed by atoms with Crippen LogP contribution in [0.3, 0.4) is 0 Å². The second kappa shape index (κ2) is 6.76. The Balaban J connectivity index is 2.06. The van der Waals surface area contributed by atoms with Crippen molar-refractivity contribution in [3.05, 3.63) is 36.2 Å². The Morgan fingerprint density at radius 1 is 1.43 bits per heavy atom. The predicted molar refractivity (Wildman–Crippen MR) is 79.4 cm³/mol. The Morgan fingerprint density at radius 3 is 2.90 bits per heavy atom. The zero-order valence-corrected chi connectivity index (χ0v) is 12.0. The van der Waals surface area contributed by atoms with Crippen LogP contribution in [0.1, 0.15) is 10.5 Å². The average molecular weight is 290 g/mol. The van der Waals surface area contributed by atoms with Gasteiger partial charge in [-0.05, 0) is 12.1 Å². The number of ether oxygens (including phenoxy) is 2. The monoisotopic (exact) mass is 290 g/mol. The molecule has 3 N–H and O–H groups in total. The average Bonchev–Trinajstić information content (AvgIpc) is 2.79. The largest absolute Gasteiger partial charge is 0.491 e. The Morgan fingerprint density at radius 2 is 2.24 bits per heavy atom. The van der Waals surface area contributed by atoms with E-state index < -0.39 is 0 Å². The van der Waals surface area contributed by atoms with Crippen LogP contribution in [-0.2, 0) is 11.8 Å². The third-order valence-corrected chi connectivity index (χ3v) is 2.83. The summed E-state index contributed by atoms with van der Waals surface area (Å²) in [4.78, 5) is 12.2. The summed E-state index contributed by atoms with van der Waals surface area (Å²) in [5.74, 6) is 0.337. The van der Waals surface area contributed by atoms with E-state index in [0.717, 1.165) is 0 Å². The van der Waals surface area contributed by atoms with E-state index in [0.29, 0.717) is 36.0 Å². The highest BCUT2D eigenvalue weighted by atomic mass is 16.5. The molecule has 0 spiro atoms. The van der Waals surface area contributed by atoms with Crippen molar-refractivity contribution in [2.75, 3.05) is 31.4 Å². The van der Waals surface area contributed by atoms with Crippen molar-refractivity contribution in [2.24, 2.45) is 7.05 Å². The van der Waals surface area contributed by atoms with Crippen molar-refractivity contribution >= 4 is 17.3 Å². The van der Waals surface area contributed by atoms with Gasteiger partial charge in [0.15, 0.2) is 0 Å². The highest BCUT2D eigenvalue weighted by Gasteiger charge is 2.15. The van der Waals surface area contributed by atoms with Crippen molar-refractivity contribution in [1.82, 2.24) is 9.78 Å². The topological polar surface area (TPSA) is 91.4 Å². The van der Waals surface area contributed by atoms with E-state index in [1.165, 1.54) is 10.9 Å². The first-order valence-corrected chi connectivity index (χ1v) is 6.42. The normalized spacial score (nSPS) is 10.4. The lowest BCUT2D eigenvalue weighted by atomic mass is 10.2. The number of carbonyl (C=O) groups excluding carboxylic acids is 1. The number of nitrogens with zero attached hydrogens (tertiary/aromatic N) is 2. The molecule has 0 aliphatic heterocycles. The fraction of sp³-hybridized carbons (Fsp3) is 0.286. The van der Waals surface area contributed by atoms with Gasteiger partial charge in [0, 0.05) is 25.9 Å². The molecular formula is C14H18N4O3. The first-order valence-electron chi connectivity index (χ1n) is 6.42. The van der Waals surface area contributed by atoms with E-state index in [1.807, 2.05) is 6.07 Å². The van der Waals surface area contributed by atoms with E-state index in [4.69, 9.17) is 15.2 Å². The summed E-state index contributed by atoms with van der Waals surface area (Å²) in [6.07, 6.45) is 1.44. The summed E-state index contributed by atoms with van der Waals surface area (Å²) in [5, 5.41) is 6.70. The predicted octanol–water partition coefficient (Wildman–Crippen LogP) is 1.28. The summed E-state index contributed by atoms with van der Waals surface area (Å²) in [6.45, 7) is 0.949. The Hall–Kier alpha value is -2.54. The van der Waals surface area contributed by atoms with Crippen LogP contribution in [0.4, 0.5) is 11.4 Å². The van der Waals surface area contributed by atoms with Gasteiger partial charge >= 0.3 is 0 Å². The molecule has 112 valence electrons. The number of aryl methyl sites for hydroxylation is 1. The fourth-order valence-corrected chi connectivity index (χ4v) is 1.83. The highest BCUT2D eigenvalue weighted by molar-refractivity contribution is 6.06. The first kappa shape index (κ1) is 14.9. The zero-order chi connectivity index (χ0) is 15.2. The van der Waals surface area contributed by atoms with Crippen molar-refractivity contribution in [1.29, 1.82) is 0 Å². The van der Waals surface area contributed by atoms with Gasteiger partial charge in [-0.1, -0.05) is 6.07 Å². The van der Waals surface area contributed by atoms with Crippen molar-refractivity contribution in [3.63, 3.8) is 0 Å². The molecule has 1 aromatic carbocycles. The number of benzene rings is 1. The maximum absolute atomic E-state index is 12.2. The molecule has 0 unspecified atom stereocenters. The van der Waals surface area contributed by atoms with Gasteiger partial charge in [-0.25, -0.2) is 0 Å². The quantitative estimate of drug-likeness (QED) is 0.782. The molecule has 0 atom stereocenters. The fourth-order valence-electron chi connectivity index (χ4n) is 1.83. The van der Waals surface area contributed by atoms with Crippen molar-refractivity contribution in [2.45, 2.75) is 0 Å². The van der Waals surface area contributed by atoms with Crippen LogP contribution in [0.25, 0.3) is 0 Å². The van der Waals surface area contributed by atoms with Crippen molar-refractivity contribution < 1.29 is 14.3 Å². The molecule has 0 radical (unpaired) electrons. The molecule has 7 heteroatoms. The number of hydrogen-bond donors (Lipinski definition) is 2. The smallest absolute Gasteiger partial charge is 0.276 e. The number of amides is 1. The number of methoxy groups -OCH3 is 1. The number of carbonyl (C=O) groups is 1. The molecule has 0 bridgehead atoms. The second-order valence-corrected chi connectivity index (χ2v) is 4.40. The van der Waals surface area contributed by atoms with E-state index in [-0.39, 0.29) is 5.91 Å². The molecular weight excluding hydrogens is 272 g/mol. The van der Waals surface area contributed by atoms with E-state index in [1.54, 1.807) is 32.4 Å². The molecule has 7 nitrogen and oxygen atoms in total. The van der Waals surface area contributed by atoms with Gasteiger partial charge in [0.25, 0.3) is 5.91 Å². The van der Waals surface area contributed by atoms with E-state index >= 15 is 0 Å². The number of nitrogens with one attached hydrogen (secondary N) is 1. The molecule has 2 rings (SSSR count). The van der Waals surface area contributed by atoms with Crippen LogP contribution in [0.5, 0.6) is 5.75 Å². The number of nitrogen functional groups attached to an aromatic ring is 1. The van der Waals surface area contributed by atoms with Crippen LogP contribution < -0.4 is 15.8 Å². The van der Waals surface area contributed by atoms with Gasteiger partial charge in [-0.15, -0.1) is 0 Å². The molecule has 0 saturated carbocycles. The number of aromatic nitrogens is 2. The molecule has 1 aromatic heterocycles. The minimum atomic E-state index is -0.318. The van der Waals surface area contributed by atoms with Gasteiger partial charge in [-0.2, -0.15) is 5.10 Å². The summed E-state index contributed by atoms with van der Waals surface area (Å²) < 4.78 is 11.8. The lowest BCUT2D eigenvalue weighted by Crippen LogP contribution is -2.17. The summed E-state index contributed by atoms with van der Waals surface area (Å²) in [7, 11) is 3.27. The van der Waals surface area contributed by atoms with Crippen molar-refractivity contribution in [3.8, 4) is 5.75 Å². The second-order valence-electron chi connectivity index (χ2n) is 4.40. The number of anilines is 2. The van der Waals surface area contributed by atoms with Crippen LogP contribution in [-0.4, -0.2) is 36.0 Å². The molecule has 1 amide bonds. The van der Waals surface area contributed by atoms with E-state index in [9.17, 15) is 4.79 Å². The maximum atomic E-state index is 12.2. The van der Waals surface area contributed by atoms with Gasteiger partial charge < -0.3 is 20.5 Å². The molecule has 0 fully saturated rings. The van der Waals surface area contributed by atoms with E-state index in [2.05, 4.69) is 10.4 Å². The maximum Gasteiger partial charge on any atom is 0.276 e. The zero-order valence-electron chi connectivity index (χ0n) is 12.0. The number of nitrogens with two attached hydrogens (primary N) is 1. The van der Waals surface area contributed by atoms with Gasteiger partial charge in [0.2, 0.25) is 0 Å². The Bertz CT molecular complexity index is 605. The van der Waals surface area contributed by atoms with Gasteiger partial charge in [0.1, 0.15) is 18.1 Å². The standard InChI is InChI=1S/C14H18N4O3/c1-18-13(12(15)9-16-18)14(19)17-10-4-3-5-11(8-10)21-7-6-20-2/h3-5,8-9H,6-7,15H2,1-2H3,(H,17,19). The molecule has 2 aromatic rings. The first-order chi connectivity index (χ1) is 10.1.